The predicted octanol–water partition coefficient (Wildman–Crippen LogP) is -0.443. The summed E-state index contributed by atoms with van der Waals surface area (Å²) in [6.07, 6.45) is 1.92. The lowest BCUT2D eigenvalue weighted by molar-refractivity contribution is 0.101. The highest BCUT2D eigenvalue weighted by Gasteiger charge is 2.34. The van der Waals surface area contributed by atoms with E-state index >= 15 is 0 Å². The Kier molecular flexibility index (Phi) is 4.53. The Labute approximate surface area is 117 Å². The van der Waals surface area contributed by atoms with Gasteiger partial charge in [-0.3, -0.25) is 4.18 Å². The maximum atomic E-state index is 10.7. The van der Waals surface area contributed by atoms with Crippen LogP contribution in [0, 0.1) is 12.8 Å². The molecule has 0 saturated heterocycles. The number of aliphatic hydroxyl groups is 1. The zero-order valence-electron chi connectivity index (χ0n) is 11.1. The average Bonchev–Trinajstić information content (AvgIpc) is 2.66. The smallest absolute Gasteiger partial charge is 0.333 e. The van der Waals surface area contributed by atoms with Crippen molar-refractivity contribution in [2.24, 2.45) is 11.1 Å². The fourth-order valence-electron chi connectivity index (χ4n) is 2.32. The van der Waals surface area contributed by atoms with Gasteiger partial charge in [0.05, 0.1) is 12.7 Å². The van der Waals surface area contributed by atoms with E-state index in [1.807, 2.05) is 6.92 Å². The number of rotatable bonds is 5. The Morgan fingerprint density at radius 1 is 1.50 bits per heavy atom. The first kappa shape index (κ1) is 15.1. The quantitative estimate of drug-likeness (QED) is 0.672. The van der Waals surface area contributed by atoms with Crippen LogP contribution in [-0.2, 0) is 14.5 Å². The molecular weight excluding hydrogens is 284 g/mol. The van der Waals surface area contributed by atoms with E-state index < -0.39 is 16.4 Å². The van der Waals surface area contributed by atoms with Crippen molar-refractivity contribution in [2.75, 3.05) is 11.9 Å². The number of nitrogens with zero attached hydrogens (tertiary/aromatic N) is 2. The van der Waals surface area contributed by atoms with E-state index in [1.54, 1.807) is 6.07 Å². The highest BCUT2D eigenvalue weighted by molar-refractivity contribution is 7.84. The van der Waals surface area contributed by atoms with Crippen molar-refractivity contribution < 1.29 is 17.7 Å². The maximum absolute atomic E-state index is 10.7. The Bertz CT molecular complexity index is 565. The molecule has 3 atom stereocenters. The Morgan fingerprint density at radius 3 is 2.90 bits per heavy atom. The largest absolute Gasteiger partial charge is 0.393 e. The van der Waals surface area contributed by atoms with Crippen LogP contribution in [0.1, 0.15) is 18.5 Å². The molecule has 0 unspecified atom stereocenters. The van der Waals surface area contributed by atoms with Crippen molar-refractivity contribution in [1.82, 2.24) is 9.97 Å². The van der Waals surface area contributed by atoms with Crippen LogP contribution in [0.4, 0.5) is 5.82 Å². The van der Waals surface area contributed by atoms with E-state index in [0.29, 0.717) is 18.7 Å². The summed E-state index contributed by atoms with van der Waals surface area (Å²) in [5.41, 5.74) is 0.843. The summed E-state index contributed by atoms with van der Waals surface area (Å²) in [4.78, 5) is 8.09. The lowest BCUT2D eigenvalue weighted by atomic mass is 10.1. The van der Waals surface area contributed by atoms with Gasteiger partial charge >= 0.3 is 10.3 Å². The Balaban J connectivity index is 1.90. The van der Waals surface area contributed by atoms with Crippen LogP contribution >= 0.6 is 0 Å². The highest BCUT2D eigenvalue weighted by atomic mass is 32.2. The summed E-state index contributed by atoms with van der Waals surface area (Å²) < 4.78 is 26.0. The van der Waals surface area contributed by atoms with Gasteiger partial charge in [0, 0.05) is 23.7 Å². The lowest BCUT2D eigenvalue weighted by Crippen LogP contribution is -2.24. The minimum absolute atomic E-state index is 0.00776. The van der Waals surface area contributed by atoms with E-state index in [0.717, 1.165) is 5.69 Å². The summed E-state index contributed by atoms with van der Waals surface area (Å²) in [6.45, 7) is 1.75. The molecule has 0 bridgehead atoms. The van der Waals surface area contributed by atoms with Crippen LogP contribution in [0.5, 0.6) is 0 Å². The molecule has 1 aromatic rings. The van der Waals surface area contributed by atoms with Crippen LogP contribution in [0.15, 0.2) is 12.4 Å². The molecule has 0 aromatic carbocycles. The molecule has 1 aliphatic rings. The summed E-state index contributed by atoms with van der Waals surface area (Å²) in [5.74, 6) is 0.413. The Morgan fingerprint density at radius 2 is 2.25 bits per heavy atom. The molecule has 4 N–H and O–H groups in total. The van der Waals surface area contributed by atoms with Crippen molar-refractivity contribution >= 4 is 16.1 Å². The first-order chi connectivity index (χ1) is 9.33. The monoisotopic (exact) mass is 302 g/mol. The van der Waals surface area contributed by atoms with Crippen molar-refractivity contribution in [1.29, 1.82) is 0 Å². The minimum Gasteiger partial charge on any atom is -0.393 e. The van der Waals surface area contributed by atoms with E-state index in [1.165, 1.54) is 6.33 Å². The molecule has 0 aliphatic heterocycles. The molecular formula is C11H18N4O4S. The molecule has 0 amide bonds. The number of nitrogens with one attached hydrogen (secondary N) is 1. The third-order valence-electron chi connectivity index (χ3n) is 3.26. The van der Waals surface area contributed by atoms with Gasteiger partial charge in [0.1, 0.15) is 12.1 Å². The fourth-order valence-corrected chi connectivity index (χ4v) is 2.69. The highest BCUT2D eigenvalue weighted by Crippen LogP contribution is 2.28. The van der Waals surface area contributed by atoms with Gasteiger partial charge in [-0.2, -0.15) is 8.42 Å². The van der Waals surface area contributed by atoms with Crippen molar-refractivity contribution in [3.63, 3.8) is 0 Å². The van der Waals surface area contributed by atoms with E-state index in [2.05, 4.69) is 19.5 Å². The summed E-state index contributed by atoms with van der Waals surface area (Å²) in [6, 6.07) is 1.81. The van der Waals surface area contributed by atoms with Gasteiger partial charge in [-0.25, -0.2) is 15.1 Å². The molecule has 8 nitrogen and oxygen atoms in total. The summed E-state index contributed by atoms with van der Waals surface area (Å²) in [7, 11) is -3.97. The number of nitrogens with two attached hydrogens (primary N) is 1. The molecule has 2 rings (SSSR count). The number of anilines is 1. The zero-order chi connectivity index (χ0) is 14.8. The third-order valence-corrected chi connectivity index (χ3v) is 3.72. The van der Waals surface area contributed by atoms with Crippen LogP contribution in [0.3, 0.4) is 0 Å². The van der Waals surface area contributed by atoms with Crippen molar-refractivity contribution in [2.45, 2.75) is 31.9 Å². The molecule has 1 heterocycles. The predicted molar refractivity (Wildman–Crippen MR) is 72.0 cm³/mol. The molecule has 1 fully saturated rings. The molecule has 112 valence electrons. The third kappa shape index (κ3) is 4.37. The van der Waals surface area contributed by atoms with Gasteiger partial charge in [-0.1, -0.05) is 0 Å². The molecule has 0 spiro atoms. The number of hydrogen-bond donors (Lipinski definition) is 3. The van der Waals surface area contributed by atoms with Crippen LogP contribution in [0.25, 0.3) is 0 Å². The minimum atomic E-state index is -3.97. The van der Waals surface area contributed by atoms with Gasteiger partial charge in [-0.15, -0.1) is 0 Å². The van der Waals surface area contributed by atoms with Gasteiger partial charge < -0.3 is 10.4 Å². The van der Waals surface area contributed by atoms with Gasteiger partial charge in [-0.05, 0) is 19.8 Å². The number of aromatic nitrogens is 2. The van der Waals surface area contributed by atoms with Crippen LogP contribution < -0.4 is 10.5 Å². The zero-order valence-corrected chi connectivity index (χ0v) is 11.9. The average molecular weight is 302 g/mol. The molecule has 1 aliphatic carbocycles. The molecule has 1 saturated carbocycles. The molecule has 0 radical (unpaired) electrons. The Hall–Kier alpha value is -1.29. The molecule has 20 heavy (non-hydrogen) atoms. The fraction of sp³-hybridized carbons (Fsp3) is 0.636. The second-order valence-corrected chi connectivity index (χ2v) is 6.18. The lowest BCUT2D eigenvalue weighted by Gasteiger charge is -2.13. The summed E-state index contributed by atoms with van der Waals surface area (Å²) in [5, 5.41) is 17.9. The summed E-state index contributed by atoms with van der Waals surface area (Å²) >= 11 is 0. The van der Waals surface area contributed by atoms with E-state index in [-0.39, 0.29) is 18.6 Å². The second kappa shape index (κ2) is 6.00. The van der Waals surface area contributed by atoms with Gasteiger partial charge in [0.2, 0.25) is 0 Å². The maximum Gasteiger partial charge on any atom is 0.333 e. The van der Waals surface area contributed by atoms with E-state index in [9.17, 15) is 13.5 Å². The van der Waals surface area contributed by atoms with Gasteiger partial charge in [0.15, 0.2) is 0 Å². The first-order valence-electron chi connectivity index (χ1n) is 6.24. The first-order valence-corrected chi connectivity index (χ1v) is 7.71. The van der Waals surface area contributed by atoms with Crippen LogP contribution in [0.2, 0.25) is 0 Å². The number of hydrogen-bond acceptors (Lipinski definition) is 7. The van der Waals surface area contributed by atoms with Crippen LogP contribution in [-0.4, -0.2) is 42.2 Å². The number of aryl methyl sites for hydroxylation is 1. The van der Waals surface area contributed by atoms with E-state index in [4.69, 9.17) is 5.14 Å². The second-order valence-electron chi connectivity index (χ2n) is 4.96. The number of aliphatic hydroxyl groups excluding tert-OH is 1. The standard InChI is InChI=1S/C11H18N4O4S/c1-7-2-11(14-6-13-7)15-9-3-8(10(16)4-9)5-19-20(12,17)18/h2,6,8-10,16H,3-5H2,1H3,(H2,12,17,18)(H,13,14,15)/t8-,9+,10-/m0/s1. The van der Waals surface area contributed by atoms with Gasteiger partial charge in [0.25, 0.3) is 0 Å². The SMILES string of the molecule is Cc1cc(N[C@@H]2C[C@@H](COS(N)(=O)=O)[C@@H](O)C2)ncn1. The van der Waals surface area contributed by atoms with Crippen molar-refractivity contribution in [3.05, 3.63) is 18.1 Å². The normalized spacial score (nSPS) is 26.6. The molecule has 1 aromatic heterocycles. The molecule has 9 heteroatoms. The van der Waals surface area contributed by atoms with Crippen molar-refractivity contribution in [3.8, 4) is 0 Å². The topological polar surface area (TPSA) is 127 Å².